The van der Waals surface area contributed by atoms with Crippen LogP contribution < -0.4 is 0 Å². The SMILES string of the molecule is CCCCC(OP)C(C=CC=CC=CCC=CC=CC(CC)OPP)OPP. The molecule has 0 saturated carbocycles. The van der Waals surface area contributed by atoms with Crippen molar-refractivity contribution in [3.8, 4) is 0 Å². The first kappa shape index (κ1) is 28.7. The van der Waals surface area contributed by atoms with E-state index < -0.39 is 0 Å². The highest BCUT2D eigenvalue weighted by Gasteiger charge is 2.18. The van der Waals surface area contributed by atoms with Crippen molar-refractivity contribution in [3.05, 3.63) is 60.8 Å². The summed E-state index contributed by atoms with van der Waals surface area (Å²) < 4.78 is 16.9. The van der Waals surface area contributed by atoms with Gasteiger partial charge in [-0.2, -0.15) is 0 Å². The maximum absolute atomic E-state index is 5.80. The summed E-state index contributed by atoms with van der Waals surface area (Å²) in [5.41, 5.74) is 0. The third-order valence-corrected chi connectivity index (χ3v) is 5.84. The highest BCUT2D eigenvalue weighted by atomic mass is 32.0. The van der Waals surface area contributed by atoms with E-state index in [9.17, 15) is 0 Å². The van der Waals surface area contributed by atoms with Crippen LogP contribution in [-0.4, -0.2) is 18.3 Å². The van der Waals surface area contributed by atoms with Crippen LogP contribution in [0.15, 0.2) is 60.8 Å². The van der Waals surface area contributed by atoms with Crippen molar-refractivity contribution in [2.24, 2.45) is 0 Å². The van der Waals surface area contributed by atoms with Gasteiger partial charge in [-0.1, -0.05) is 105 Å². The molecule has 0 aliphatic rings. The molecule has 0 radical (unpaired) electrons. The minimum Gasteiger partial charge on any atom is -0.359 e. The lowest BCUT2D eigenvalue weighted by atomic mass is 10.1. The zero-order valence-corrected chi connectivity index (χ0v) is 22.5. The molecule has 160 valence electrons. The van der Waals surface area contributed by atoms with Crippen LogP contribution in [0.3, 0.4) is 0 Å². The fourth-order valence-corrected chi connectivity index (χ4v) is 4.36. The van der Waals surface area contributed by atoms with E-state index in [-0.39, 0.29) is 18.3 Å². The molecule has 0 saturated heterocycles. The van der Waals surface area contributed by atoms with Crippen LogP contribution >= 0.6 is 44.3 Å². The molecule has 8 heteroatoms. The van der Waals surface area contributed by atoms with E-state index in [2.05, 4.69) is 83.7 Å². The summed E-state index contributed by atoms with van der Waals surface area (Å²) in [6.45, 7) is 4.31. The molecule has 0 bridgehead atoms. The molecule has 0 spiro atoms. The van der Waals surface area contributed by atoms with Crippen molar-refractivity contribution in [2.45, 2.75) is 64.3 Å². The molecule has 0 aromatic heterocycles. The van der Waals surface area contributed by atoms with Crippen LogP contribution in [-0.2, 0) is 13.6 Å². The zero-order chi connectivity index (χ0) is 20.9. The summed E-state index contributed by atoms with van der Waals surface area (Å²) in [5, 5.41) is 0. The zero-order valence-electron chi connectivity index (χ0n) is 17.0. The van der Waals surface area contributed by atoms with Gasteiger partial charge in [0.1, 0.15) is 6.10 Å². The smallest absolute Gasteiger partial charge is 0.107 e. The normalized spacial score (nSPS) is 17.2. The van der Waals surface area contributed by atoms with Crippen molar-refractivity contribution in [3.63, 3.8) is 0 Å². The topological polar surface area (TPSA) is 27.7 Å². The summed E-state index contributed by atoms with van der Waals surface area (Å²) in [6, 6.07) is 0. The molecule has 0 aromatic carbocycles. The Labute approximate surface area is 182 Å². The van der Waals surface area contributed by atoms with E-state index in [1.807, 2.05) is 18.2 Å². The van der Waals surface area contributed by atoms with Crippen molar-refractivity contribution in [1.82, 2.24) is 0 Å². The third kappa shape index (κ3) is 16.5. The third-order valence-electron chi connectivity index (χ3n) is 3.82. The maximum Gasteiger partial charge on any atom is 0.107 e. The van der Waals surface area contributed by atoms with Gasteiger partial charge in [0.25, 0.3) is 0 Å². The molecule has 8 unspecified atom stereocenters. The van der Waals surface area contributed by atoms with Crippen molar-refractivity contribution in [2.75, 3.05) is 0 Å². The fraction of sp³-hybridized carbons (Fsp3) is 0.500. The molecule has 0 aromatic rings. The van der Waals surface area contributed by atoms with Crippen LogP contribution in [0.2, 0.25) is 0 Å². The molecule has 0 heterocycles. The Morgan fingerprint density at radius 3 is 2.11 bits per heavy atom. The van der Waals surface area contributed by atoms with Crippen molar-refractivity contribution < 1.29 is 13.6 Å². The Morgan fingerprint density at radius 2 is 1.50 bits per heavy atom. The molecule has 0 aliphatic heterocycles. The minimum absolute atomic E-state index is 0.0222. The summed E-state index contributed by atoms with van der Waals surface area (Å²) >= 11 is 0. The lowest BCUT2D eigenvalue weighted by Crippen LogP contribution is -2.25. The number of allylic oxidation sites excluding steroid dienone is 8. The molecule has 0 rings (SSSR count). The Balaban J connectivity index is 4.30. The minimum atomic E-state index is -0.0222. The van der Waals surface area contributed by atoms with Gasteiger partial charge in [0.2, 0.25) is 0 Å². The summed E-state index contributed by atoms with van der Waals surface area (Å²) in [4.78, 5) is 0. The first-order valence-corrected chi connectivity index (χ1v) is 15.5. The Bertz CT molecular complexity index is 492. The van der Waals surface area contributed by atoms with Crippen LogP contribution in [0.5, 0.6) is 0 Å². The molecule has 3 nitrogen and oxygen atoms in total. The van der Waals surface area contributed by atoms with E-state index in [0.29, 0.717) is 17.0 Å². The second-order valence-electron chi connectivity index (χ2n) is 5.95. The van der Waals surface area contributed by atoms with Gasteiger partial charge in [-0.05, 0) is 19.3 Å². The summed E-state index contributed by atoms with van der Waals surface area (Å²) in [6.07, 6.45) is 26.1. The monoisotopic (exact) mass is 480 g/mol. The largest absolute Gasteiger partial charge is 0.359 e. The molecular weight excluding hydrogens is 443 g/mol. The molecule has 28 heavy (non-hydrogen) atoms. The Morgan fingerprint density at radius 1 is 0.857 bits per heavy atom. The Kier molecular flexibility index (Phi) is 23.0. The first-order chi connectivity index (χ1) is 13.7. The van der Waals surface area contributed by atoms with Gasteiger partial charge in [0, 0.05) is 26.5 Å². The predicted octanol–water partition coefficient (Wildman–Crippen LogP) is 7.47. The lowest BCUT2D eigenvalue weighted by Gasteiger charge is -2.22. The van der Waals surface area contributed by atoms with E-state index in [1.165, 1.54) is 0 Å². The number of hydrogen-bond donors (Lipinski definition) is 0. The van der Waals surface area contributed by atoms with Crippen LogP contribution in [0, 0.1) is 0 Å². The number of rotatable bonds is 17. The van der Waals surface area contributed by atoms with Crippen molar-refractivity contribution in [1.29, 1.82) is 0 Å². The molecule has 0 fully saturated rings. The molecular formula is C20H37O3P5. The summed E-state index contributed by atoms with van der Waals surface area (Å²) in [7, 11) is 8.43. The highest BCUT2D eigenvalue weighted by Crippen LogP contribution is 2.28. The fourth-order valence-electron chi connectivity index (χ4n) is 2.26. The van der Waals surface area contributed by atoms with Gasteiger partial charge in [-0.15, -0.1) is 0 Å². The second-order valence-corrected chi connectivity index (χ2v) is 8.58. The van der Waals surface area contributed by atoms with Gasteiger partial charge in [0.05, 0.1) is 12.2 Å². The first-order valence-electron chi connectivity index (χ1n) is 9.64. The van der Waals surface area contributed by atoms with Gasteiger partial charge >= 0.3 is 0 Å². The average Bonchev–Trinajstić information content (AvgIpc) is 2.71. The molecule has 0 N–H and O–H groups in total. The standard InChI is InChI=1S/C20H37O3P5/c1-3-5-16-19(21-24)20(23-28-26)17-14-12-10-8-6-7-9-11-13-15-18(4-2)22-27-25/h6,8-15,17-20,27-28H,3-5,7,16,24-26H2,1-2H3. The quantitative estimate of drug-likeness (QED) is 0.160. The molecule has 0 amide bonds. The molecule has 8 atom stereocenters. The van der Waals surface area contributed by atoms with Gasteiger partial charge in [-0.3, -0.25) is 0 Å². The van der Waals surface area contributed by atoms with Gasteiger partial charge in [-0.25, -0.2) is 0 Å². The lowest BCUT2D eigenvalue weighted by molar-refractivity contribution is 0.104. The highest BCUT2D eigenvalue weighted by molar-refractivity contribution is 8.00. The van der Waals surface area contributed by atoms with E-state index in [0.717, 1.165) is 32.1 Å². The summed E-state index contributed by atoms with van der Waals surface area (Å²) in [5.74, 6) is 0. The number of hydrogen-bond acceptors (Lipinski definition) is 3. The van der Waals surface area contributed by atoms with Crippen molar-refractivity contribution >= 4 is 44.3 Å². The van der Waals surface area contributed by atoms with Gasteiger partial charge in [0.15, 0.2) is 0 Å². The molecule has 0 aliphatic carbocycles. The van der Waals surface area contributed by atoms with Gasteiger partial charge < -0.3 is 13.6 Å². The van der Waals surface area contributed by atoms with Crippen LogP contribution in [0.4, 0.5) is 0 Å². The van der Waals surface area contributed by atoms with E-state index in [4.69, 9.17) is 13.6 Å². The predicted molar refractivity (Wildman–Crippen MR) is 141 cm³/mol. The maximum atomic E-state index is 5.80. The van der Waals surface area contributed by atoms with Crippen LogP contribution in [0.25, 0.3) is 0 Å². The average molecular weight is 480 g/mol. The number of unbranched alkanes of at least 4 members (excludes halogenated alkanes) is 1. The second kappa shape index (κ2) is 22.4. The van der Waals surface area contributed by atoms with Crippen LogP contribution in [0.1, 0.15) is 46.0 Å². The van der Waals surface area contributed by atoms with E-state index >= 15 is 0 Å². The Hall–Kier alpha value is 0.730. The van der Waals surface area contributed by atoms with E-state index in [1.54, 1.807) is 0 Å².